The van der Waals surface area contributed by atoms with Gasteiger partial charge in [0.05, 0.1) is 6.61 Å². The summed E-state index contributed by atoms with van der Waals surface area (Å²) < 4.78 is 5.01. The third-order valence-corrected chi connectivity index (χ3v) is 1.36. The van der Waals surface area contributed by atoms with Crippen LogP contribution in [0.15, 0.2) is 30.3 Å². The Labute approximate surface area is 98.6 Å². The van der Waals surface area contributed by atoms with Gasteiger partial charge < -0.3 is 10.5 Å². The monoisotopic (exact) mass is 225 g/mol. The summed E-state index contributed by atoms with van der Waals surface area (Å²) in [5, 5.41) is 0. The van der Waals surface area contributed by atoms with Crippen molar-refractivity contribution in [3.05, 3.63) is 35.9 Å². The molecular weight excluding hydrogens is 202 g/mol. The number of rotatable bonds is 4. The molecule has 0 radical (unpaired) electrons. The van der Waals surface area contributed by atoms with Crippen LogP contribution in [0.4, 0.5) is 0 Å². The van der Waals surface area contributed by atoms with Crippen LogP contribution in [0.2, 0.25) is 0 Å². The number of hydrogen-bond acceptors (Lipinski definition) is 2. The molecule has 0 aliphatic heterocycles. The number of hydrogen-bond donors (Lipinski definition) is 1. The number of benzene rings is 1. The van der Waals surface area contributed by atoms with E-state index in [1.807, 2.05) is 58.0 Å². The van der Waals surface area contributed by atoms with Crippen LogP contribution in [0.1, 0.15) is 33.3 Å². The van der Waals surface area contributed by atoms with Crippen molar-refractivity contribution in [1.29, 1.82) is 0 Å². The first-order valence-electron chi connectivity index (χ1n) is 5.69. The van der Waals surface area contributed by atoms with Crippen molar-refractivity contribution < 1.29 is 9.53 Å². The van der Waals surface area contributed by atoms with Crippen molar-refractivity contribution in [3.8, 4) is 0 Å². The Balaban J connectivity index is 0. The van der Waals surface area contributed by atoms with Gasteiger partial charge in [0.2, 0.25) is 5.91 Å². The van der Waals surface area contributed by atoms with Crippen LogP contribution >= 0.6 is 0 Å². The summed E-state index contributed by atoms with van der Waals surface area (Å²) in [7, 11) is 0. The second-order valence-electron chi connectivity index (χ2n) is 2.44. The molecule has 3 heteroatoms. The summed E-state index contributed by atoms with van der Waals surface area (Å²) in [6.07, 6.45) is 0. The van der Waals surface area contributed by atoms with Crippen LogP contribution < -0.4 is 5.73 Å². The first kappa shape index (κ1) is 17.1. The molecular formula is C13H23NO2. The van der Waals surface area contributed by atoms with Crippen molar-refractivity contribution in [3.63, 3.8) is 0 Å². The second kappa shape index (κ2) is 13.7. The summed E-state index contributed by atoms with van der Waals surface area (Å²) in [5.74, 6) is -0.439. The largest absolute Gasteiger partial charge is 0.368 e. The Morgan fingerprint density at radius 2 is 1.62 bits per heavy atom. The summed E-state index contributed by atoms with van der Waals surface area (Å²) in [6.45, 7) is 8.42. The van der Waals surface area contributed by atoms with E-state index in [0.717, 1.165) is 5.56 Å². The van der Waals surface area contributed by atoms with Gasteiger partial charge >= 0.3 is 0 Å². The second-order valence-corrected chi connectivity index (χ2v) is 2.44. The van der Waals surface area contributed by atoms with Gasteiger partial charge in [0.1, 0.15) is 6.61 Å². The molecule has 1 aromatic carbocycles. The summed E-state index contributed by atoms with van der Waals surface area (Å²) in [5.41, 5.74) is 5.93. The smallest absolute Gasteiger partial charge is 0.243 e. The molecule has 0 unspecified atom stereocenters. The number of carbonyl (C=O) groups is 1. The fourth-order valence-corrected chi connectivity index (χ4v) is 0.844. The lowest BCUT2D eigenvalue weighted by molar-refractivity contribution is -0.122. The average Bonchev–Trinajstić information content (AvgIpc) is 2.35. The average molecular weight is 225 g/mol. The van der Waals surface area contributed by atoms with E-state index in [9.17, 15) is 4.79 Å². The Bertz CT molecular complexity index is 247. The molecule has 2 N–H and O–H groups in total. The van der Waals surface area contributed by atoms with E-state index in [0.29, 0.717) is 6.61 Å². The molecule has 0 spiro atoms. The molecule has 92 valence electrons. The molecule has 1 amide bonds. The van der Waals surface area contributed by atoms with Gasteiger partial charge in [-0.1, -0.05) is 58.0 Å². The molecule has 0 aliphatic rings. The first-order chi connectivity index (χ1) is 7.79. The molecule has 0 aromatic heterocycles. The van der Waals surface area contributed by atoms with E-state index < -0.39 is 5.91 Å². The van der Waals surface area contributed by atoms with Gasteiger partial charge in [-0.05, 0) is 5.56 Å². The highest BCUT2D eigenvalue weighted by atomic mass is 16.5. The maximum atomic E-state index is 10.3. The molecule has 0 heterocycles. The van der Waals surface area contributed by atoms with Crippen molar-refractivity contribution in [2.24, 2.45) is 5.73 Å². The van der Waals surface area contributed by atoms with Crippen LogP contribution in [0.5, 0.6) is 0 Å². The minimum absolute atomic E-state index is 0.0190. The highest BCUT2D eigenvalue weighted by Gasteiger charge is 1.94. The lowest BCUT2D eigenvalue weighted by atomic mass is 10.2. The summed E-state index contributed by atoms with van der Waals surface area (Å²) >= 11 is 0. The molecule has 0 fully saturated rings. The number of carbonyl (C=O) groups excluding carboxylic acids is 1. The van der Waals surface area contributed by atoms with Crippen LogP contribution in [0.3, 0.4) is 0 Å². The van der Waals surface area contributed by atoms with Gasteiger partial charge in [-0.15, -0.1) is 0 Å². The van der Waals surface area contributed by atoms with Crippen molar-refractivity contribution >= 4 is 5.91 Å². The van der Waals surface area contributed by atoms with E-state index in [-0.39, 0.29) is 6.61 Å². The predicted octanol–water partition coefficient (Wildman–Crippen LogP) is 2.74. The molecule has 0 atom stereocenters. The number of nitrogens with two attached hydrogens (primary N) is 1. The Morgan fingerprint density at radius 3 is 2.06 bits per heavy atom. The van der Waals surface area contributed by atoms with Gasteiger partial charge in [-0.25, -0.2) is 0 Å². The fourth-order valence-electron chi connectivity index (χ4n) is 0.844. The Morgan fingerprint density at radius 1 is 1.12 bits per heavy atom. The maximum Gasteiger partial charge on any atom is 0.243 e. The van der Waals surface area contributed by atoms with Crippen LogP contribution in [-0.4, -0.2) is 12.5 Å². The zero-order valence-corrected chi connectivity index (χ0v) is 10.7. The highest BCUT2D eigenvalue weighted by molar-refractivity contribution is 5.74. The zero-order chi connectivity index (χ0) is 12.8. The van der Waals surface area contributed by atoms with Gasteiger partial charge in [-0.2, -0.15) is 0 Å². The molecule has 0 aliphatic carbocycles. The Kier molecular flexibility index (Phi) is 14.6. The lowest BCUT2D eigenvalue weighted by Crippen LogP contribution is -2.17. The third kappa shape index (κ3) is 10.7. The molecule has 0 saturated carbocycles. The van der Waals surface area contributed by atoms with E-state index in [2.05, 4.69) is 0 Å². The summed E-state index contributed by atoms with van der Waals surface area (Å²) in [6, 6.07) is 9.63. The maximum absolute atomic E-state index is 10.3. The molecule has 1 aromatic rings. The normalized spacial score (nSPS) is 8.00. The SMILES string of the molecule is CC.CC.NC(=O)COCc1ccccc1. The standard InChI is InChI=1S/C9H11NO2.2C2H6/c10-9(11)7-12-6-8-4-2-1-3-5-8;2*1-2/h1-5H,6-7H2,(H2,10,11);2*1-2H3. The van der Waals surface area contributed by atoms with Gasteiger partial charge in [0, 0.05) is 0 Å². The third-order valence-electron chi connectivity index (χ3n) is 1.36. The van der Waals surface area contributed by atoms with Crippen molar-refractivity contribution in [2.75, 3.05) is 6.61 Å². The molecule has 0 saturated heterocycles. The van der Waals surface area contributed by atoms with E-state index in [1.165, 1.54) is 0 Å². The minimum atomic E-state index is -0.439. The van der Waals surface area contributed by atoms with E-state index in [4.69, 9.17) is 10.5 Å². The quantitative estimate of drug-likeness (QED) is 0.856. The number of amides is 1. The molecule has 3 nitrogen and oxygen atoms in total. The predicted molar refractivity (Wildman–Crippen MR) is 68.0 cm³/mol. The lowest BCUT2D eigenvalue weighted by Gasteiger charge is -2.00. The molecule has 1 rings (SSSR count). The summed E-state index contributed by atoms with van der Waals surface area (Å²) in [4.78, 5) is 10.3. The topological polar surface area (TPSA) is 52.3 Å². The molecule has 16 heavy (non-hydrogen) atoms. The van der Waals surface area contributed by atoms with Crippen molar-refractivity contribution in [2.45, 2.75) is 34.3 Å². The minimum Gasteiger partial charge on any atom is -0.368 e. The van der Waals surface area contributed by atoms with Gasteiger partial charge in [-0.3, -0.25) is 4.79 Å². The van der Waals surface area contributed by atoms with Gasteiger partial charge in [0.15, 0.2) is 0 Å². The van der Waals surface area contributed by atoms with Crippen LogP contribution in [0, 0.1) is 0 Å². The van der Waals surface area contributed by atoms with Crippen molar-refractivity contribution in [1.82, 2.24) is 0 Å². The van der Waals surface area contributed by atoms with Crippen LogP contribution in [-0.2, 0) is 16.1 Å². The number of ether oxygens (including phenoxy) is 1. The van der Waals surface area contributed by atoms with E-state index >= 15 is 0 Å². The fraction of sp³-hybridized carbons (Fsp3) is 0.462. The number of primary amides is 1. The molecule has 0 bridgehead atoms. The Hall–Kier alpha value is -1.35. The van der Waals surface area contributed by atoms with Crippen LogP contribution in [0.25, 0.3) is 0 Å². The zero-order valence-electron chi connectivity index (χ0n) is 10.7. The van der Waals surface area contributed by atoms with Gasteiger partial charge in [0.25, 0.3) is 0 Å². The first-order valence-corrected chi connectivity index (χ1v) is 5.69. The van der Waals surface area contributed by atoms with E-state index in [1.54, 1.807) is 0 Å². The highest BCUT2D eigenvalue weighted by Crippen LogP contribution is 1.99.